The number of nitrogens with zero attached hydrogens (tertiary/aromatic N) is 2. The fourth-order valence-corrected chi connectivity index (χ4v) is 4.39. The van der Waals surface area contributed by atoms with Crippen molar-refractivity contribution in [2.75, 3.05) is 0 Å². The second-order valence-corrected chi connectivity index (χ2v) is 8.89. The maximum atomic E-state index is 13.1. The van der Waals surface area contributed by atoms with E-state index in [0.717, 1.165) is 51.3 Å². The van der Waals surface area contributed by atoms with Gasteiger partial charge in [0.1, 0.15) is 5.82 Å². The Hall–Kier alpha value is -3.24. The molecule has 4 rings (SSSR count). The quantitative estimate of drug-likeness (QED) is 0.260. The molecular formula is C29H27ClF2N2. The lowest BCUT2D eigenvalue weighted by Gasteiger charge is -2.10. The third kappa shape index (κ3) is 5.28. The van der Waals surface area contributed by atoms with Crippen LogP contribution in [-0.4, -0.2) is 9.55 Å². The summed E-state index contributed by atoms with van der Waals surface area (Å²) in [6.45, 7) is 6.83. The number of aromatic nitrogens is 2. The normalized spacial score (nSPS) is 11.9. The van der Waals surface area contributed by atoms with Gasteiger partial charge in [0, 0.05) is 23.9 Å². The average molecular weight is 477 g/mol. The van der Waals surface area contributed by atoms with Gasteiger partial charge >= 0.3 is 0 Å². The van der Waals surface area contributed by atoms with Crippen LogP contribution in [0.3, 0.4) is 0 Å². The molecule has 174 valence electrons. The number of hydrogen-bond donors (Lipinski definition) is 0. The molecule has 2 nitrogen and oxygen atoms in total. The maximum absolute atomic E-state index is 13.1. The highest BCUT2D eigenvalue weighted by Crippen LogP contribution is 2.31. The minimum Gasteiger partial charge on any atom is -0.326 e. The van der Waals surface area contributed by atoms with E-state index in [1.807, 2.05) is 61.7 Å². The fourth-order valence-electron chi connectivity index (χ4n) is 4.06. The zero-order chi connectivity index (χ0) is 24.2. The van der Waals surface area contributed by atoms with Crippen molar-refractivity contribution in [3.8, 4) is 22.4 Å². The van der Waals surface area contributed by atoms with Crippen LogP contribution in [0.2, 0.25) is 5.02 Å². The highest BCUT2D eigenvalue weighted by Gasteiger charge is 2.14. The number of rotatable bonds is 7. The van der Waals surface area contributed by atoms with Crippen molar-refractivity contribution in [3.05, 3.63) is 107 Å². The molecule has 4 aromatic rings. The van der Waals surface area contributed by atoms with Crippen molar-refractivity contribution >= 4 is 17.2 Å². The second-order valence-electron chi connectivity index (χ2n) is 8.48. The summed E-state index contributed by atoms with van der Waals surface area (Å²) in [5.41, 5.74) is 6.78. The third-order valence-corrected chi connectivity index (χ3v) is 6.13. The van der Waals surface area contributed by atoms with Gasteiger partial charge in [-0.1, -0.05) is 79.2 Å². The topological polar surface area (TPSA) is 17.8 Å². The first-order valence-corrected chi connectivity index (χ1v) is 11.7. The highest BCUT2D eigenvalue weighted by atomic mass is 35.5. The molecule has 3 aromatic carbocycles. The summed E-state index contributed by atoms with van der Waals surface area (Å²) in [6.07, 6.45) is 2.65. The van der Waals surface area contributed by atoms with E-state index < -0.39 is 6.43 Å². The van der Waals surface area contributed by atoms with Crippen molar-refractivity contribution in [2.45, 2.75) is 40.2 Å². The van der Waals surface area contributed by atoms with Crippen molar-refractivity contribution in [1.82, 2.24) is 9.55 Å². The monoisotopic (exact) mass is 476 g/mol. The van der Waals surface area contributed by atoms with Gasteiger partial charge < -0.3 is 4.57 Å². The molecule has 0 aliphatic rings. The van der Waals surface area contributed by atoms with Gasteiger partial charge in [0.2, 0.25) is 0 Å². The predicted molar refractivity (Wildman–Crippen MR) is 137 cm³/mol. The van der Waals surface area contributed by atoms with E-state index in [1.165, 1.54) is 6.07 Å². The molecule has 0 amide bonds. The molecule has 0 atom stereocenters. The first-order valence-electron chi connectivity index (χ1n) is 11.3. The molecule has 0 fully saturated rings. The molecular weight excluding hydrogens is 450 g/mol. The van der Waals surface area contributed by atoms with Gasteiger partial charge in [-0.2, -0.15) is 0 Å². The Morgan fingerprint density at radius 3 is 2.47 bits per heavy atom. The van der Waals surface area contributed by atoms with Gasteiger partial charge in [-0.15, -0.1) is 0 Å². The number of hydrogen-bond acceptors (Lipinski definition) is 1. The summed E-state index contributed by atoms with van der Waals surface area (Å²) >= 11 is 6.52. The Labute approximate surface area is 204 Å². The molecule has 0 bridgehead atoms. The smallest absolute Gasteiger partial charge is 0.263 e. The van der Waals surface area contributed by atoms with E-state index >= 15 is 0 Å². The number of allylic oxidation sites excluding steroid dienone is 2. The molecule has 0 saturated heterocycles. The van der Waals surface area contributed by atoms with E-state index in [-0.39, 0.29) is 5.56 Å². The van der Waals surface area contributed by atoms with E-state index in [9.17, 15) is 8.78 Å². The van der Waals surface area contributed by atoms with Crippen molar-refractivity contribution < 1.29 is 8.78 Å². The number of halogens is 3. The molecule has 0 radical (unpaired) electrons. The van der Waals surface area contributed by atoms with E-state index in [2.05, 4.69) is 24.5 Å². The summed E-state index contributed by atoms with van der Waals surface area (Å²) in [6, 6.07) is 20.5. The molecule has 0 spiro atoms. The molecule has 0 N–H and O–H groups in total. The van der Waals surface area contributed by atoms with Crippen LogP contribution in [0.1, 0.15) is 49.2 Å². The van der Waals surface area contributed by atoms with Crippen LogP contribution in [0.4, 0.5) is 8.78 Å². The van der Waals surface area contributed by atoms with E-state index in [4.69, 9.17) is 16.6 Å². The summed E-state index contributed by atoms with van der Waals surface area (Å²) in [7, 11) is 0. The SMILES string of the molecule is CC/C=C(\C)c1nc(-c2ccc(C)cc2Cl)cn1Cc1ccc(-c2cccc(C(F)F)c2)cc1. The Bertz CT molecular complexity index is 1320. The van der Waals surface area contributed by atoms with Crippen LogP contribution in [0, 0.1) is 6.92 Å². The molecule has 1 aromatic heterocycles. The van der Waals surface area contributed by atoms with Crippen LogP contribution in [0.25, 0.3) is 28.0 Å². The number of benzene rings is 3. The van der Waals surface area contributed by atoms with Crippen LogP contribution in [-0.2, 0) is 6.54 Å². The van der Waals surface area contributed by atoms with Gasteiger partial charge in [-0.25, -0.2) is 13.8 Å². The number of alkyl halides is 2. The Morgan fingerprint density at radius 1 is 1.03 bits per heavy atom. The summed E-state index contributed by atoms with van der Waals surface area (Å²) in [5, 5.41) is 0.684. The predicted octanol–water partition coefficient (Wildman–Crippen LogP) is 8.98. The average Bonchev–Trinajstić information content (AvgIpc) is 3.23. The minimum absolute atomic E-state index is 0.0325. The lowest BCUT2D eigenvalue weighted by Crippen LogP contribution is -2.03. The Balaban J connectivity index is 1.65. The summed E-state index contributed by atoms with van der Waals surface area (Å²) in [4.78, 5) is 4.92. The minimum atomic E-state index is -2.48. The Kier molecular flexibility index (Phi) is 7.28. The van der Waals surface area contributed by atoms with Crippen LogP contribution in [0.5, 0.6) is 0 Å². The first-order chi connectivity index (χ1) is 16.4. The molecule has 0 saturated carbocycles. The molecule has 0 aliphatic heterocycles. The second kappa shape index (κ2) is 10.4. The van der Waals surface area contributed by atoms with Gasteiger partial charge in [0.05, 0.1) is 10.7 Å². The van der Waals surface area contributed by atoms with Crippen molar-refractivity contribution in [3.63, 3.8) is 0 Å². The van der Waals surface area contributed by atoms with Crippen molar-refractivity contribution in [1.29, 1.82) is 0 Å². The molecule has 1 heterocycles. The zero-order valence-corrected chi connectivity index (χ0v) is 20.3. The van der Waals surface area contributed by atoms with E-state index in [1.54, 1.807) is 12.1 Å². The third-order valence-electron chi connectivity index (χ3n) is 5.82. The zero-order valence-electron chi connectivity index (χ0n) is 19.5. The summed E-state index contributed by atoms with van der Waals surface area (Å²) in [5.74, 6) is 0.905. The van der Waals surface area contributed by atoms with Crippen LogP contribution < -0.4 is 0 Å². The number of aryl methyl sites for hydroxylation is 1. The lowest BCUT2D eigenvalue weighted by molar-refractivity contribution is 0.151. The lowest BCUT2D eigenvalue weighted by atomic mass is 10.0. The highest BCUT2D eigenvalue weighted by molar-refractivity contribution is 6.33. The first kappa shape index (κ1) is 23.9. The summed E-state index contributed by atoms with van der Waals surface area (Å²) < 4.78 is 28.3. The van der Waals surface area contributed by atoms with Gasteiger partial charge in [0.15, 0.2) is 0 Å². The van der Waals surface area contributed by atoms with E-state index in [0.29, 0.717) is 11.6 Å². The standard InChI is InChI=1S/C29H27ClF2N2/c1-4-6-20(3)29-33-27(25-14-9-19(2)15-26(25)30)18-34(29)17-21-10-12-22(13-11-21)23-7-5-8-24(16-23)28(31)32/h5-16,18,28H,4,17H2,1-3H3/b20-6+. The molecule has 5 heteroatoms. The number of imidazole rings is 1. The molecule has 34 heavy (non-hydrogen) atoms. The largest absolute Gasteiger partial charge is 0.326 e. The fraction of sp³-hybridized carbons (Fsp3) is 0.207. The molecule has 0 aliphatic carbocycles. The Morgan fingerprint density at radius 2 is 1.79 bits per heavy atom. The van der Waals surface area contributed by atoms with Crippen LogP contribution >= 0.6 is 11.6 Å². The van der Waals surface area contributed by atoms with Crippen LogP contribution in [0.15, 0.2) is 79.0 Å². The van der Waals surface area contributed by atoms with Crippen molar-refractivity contribution in [2.24, 2.45) is 0 Å². The van der Waals surface area contributed by atoms with Gasteiger partial charge in [-0.05, 0) is 60.2 Å². The maximum Gasteiger partial charge on any atom is 0.263 e. The van der Waals surface area contributed by atoms with Gasteiger partial charge in [-0.3, -0.25) is 0 Å². The van der Waals surface area contributed by atoms with Gasteiger partial charge in [0.25, 0.3) is 6.43 Å². The molecule has 0 unspecified atom stereocenters.